The van der Waals surface area contributed by atoms with Crippen molar-refractivity contribution in [1.82, 2.24) is 9.97 Å². The van der Waals surface area contributed by atoms with E-state index in [1.54, 1.807) is 6.20 Å². The second kappa shape index (κ2) is 4.94. The van der Waals surface area contributed by atoms with Crippen LogP contribution in [0.5, 0.6) is 5.88 Å². The third kappa shape index (κ3) is 2.57. The van der Waals surface area contributed by atoms with E-state index in [2.05, 4.69) is 9.97 Å². The molecular formula is C11H11ClN2O. The number of aromatic nitrogens is 2. The van der Waals surface area contributed by atoms with Crippen molar-refractivity contribution in [3.63, 3.8) is 0 Å². The zero-order valence-corrected chi connectivity index (χ0v) is 8.94. The van der Waals surface area contributed by atoms with Gasteiger partial charge in [-0.05, 0) is 18.6 Å². The van der Waals surface area contributed by atoms with Crippen molar-refractivity contribution in [3.8, 4) is 5.88 Å². The van der Waals surface area contributed by atoms with E-state index in [9.17, 15) is 0 Å². The maximum Gasteiger partial charge on any atom is 0.232 e. The molecule has 0 saturated heterocycles. The van der Waals surface area contributed by atoms with Crippen LogP contribution in [0.3, 0.4) is 0 Å². The Hall–Kier alpha value is -1.35. The highest BCUT2D eigenvalue weighted by Gasteiger charge is 1.99. The smallest absolute Gasteiger partial charge is 0.232 e. The van der Waals surface area contributed by atoms with Crippen molar-refractivity contribution in [2.45, 2.75) is 6.42 Å². The van der Waals surface area contributed by atoms with Crippen molar-refractivity contribution in [2.24, 2.45) is 0 Å². The van der Waals surface area contributed by atoms with Crippen molar-refractivity contribution in [1.29, 1.82) is 0 Å². The fourth-order valence-corrected chi connectivity index (χ4v) is 1.35. The number of alkyl halides is 1. The predicted molar refractivity (Wildman–Crippen MR) is 60.4 cm³/mol. The Labute approximate surface area is 93.1 Å². The van der Waals surface area contributed by atoms with Crippen molar-refractivity contribution >= 4 is 22.6 Å². The molecule has 0 fully saturated rings. The number of fused-ring (bicyclic) bond motifs is 1. The summed E-state index contributed by atoms with van der Waals surface area (Å²) in [6.45, 7) is 0.580. The number of ether oxygens (including phenoxy) is 1. The quantitative estimate of drug-likeness (QED) is 0.589. The van der Waals surface area contributed by atoms with Crippen LogP contribution in [0.15, 0.2) is 30.5 Å². The van der Waals surface area contributed by atoms with E-state index in [1.165, 1.54) is 0 Å². The van der Waals surface area contributed by atoms with Gasteiger partial charge in [-0.1, -0.05) is 12.1 Å². The van der Waals surface area contributed by atoms with Crippen LogP contribution in [0.25, 0.3) is 11.0 Å². The maximum absolute atomic E-state index is 5.55. The lowest BCUT2D eigenvalue weighted by Gasteiger charge is -2.03. The van der Waals surface area contributed by atoms with Crippen LogP contribution in [-0.2, 0) is 0 Å². The molecule has 4 heteroatoms. The highest BCUT2D eigenvalue weighted by Crippen LogP contribution is 2.12. The highest BCUT2D eigenvalue weighted by atomic mass is 35.5. The molecule has 15 heavy (non-hydrogen) atoms. The van der Waals surface area contributed by atoms with E-state index in [-0.39, 0.29) is 0 Å². The summed E-state index contributed by atoms with van der Waals surface area (Å²) in [5.74, 6) is 1.15. The molecule has 0 unspecified atom stereocenters. The molecule has 1 aromatic carbocycles. The van der Waals surface area contributed by atoms with E-state index >= 15 is 0 Å². The van der Waals surface area contributed by atoms with E-state index in [0.29, 0.717) is 18.4 Å². The van der Waals surface area contributed by atoms with Crippen LogP contribution in [0, 0.1) is 0 Å². The third-order valence-corrected chi connectivity index (χ3v) is 2.22. The Morgan fingerprint density at radius 2 is 2.00 bits per heavy atom. The fourth-order valence-electron chi connectivity index (χ4n) is 1.24. The normalized spacial score (nSPS) is 10.5. The minimum atomic E-state index is 0.554. The Morgan fingerprint density at radius 1 is 1.20 bits per heavy atom. The first-order valence-corrected chi connectivity index (χ1v) is 5.34. The largest absolute Gasteiger partial charge is 0.477 e. The van der Waals surface area contributed by atoms with Crippen LogP contribution in [0.2, 0.25) is 0 Å². The molecule has 1 aromatic heterocycles. The molecule has 1 heterocycles. The van der Waals surface area contributed by atoms with Gasteiger partial charge in [0.1, 0.15) is 0 Å². The van der Waals surface area contributed by atoms with Crippen LogP contribution >= 0.6 is 11.6 Å². The van der Waals surface area contributed by atoms with Crippen LogP contribution < -0.4 is 4.74 Å². The van der Waals surface area contributed by atoms with E-state index < -0.39 is 0 Å². The minimum absolute atomic E-state index is 0.554. The van der Waals surface area contributed by atoms with Gasteiger partial charge in [0, 0.05) is 5.88 Å². The first-order chi connectivity index (χ1) is 7.40. The number of hydrogen-bond acceptors (Lipinski definition) is 3. The van der Waals surface area contributed by atoms with Crippen LogP contribution in [0.4, 0.5) is 0 Å². The average Bonchev–Trinajstić information content (AvgIpc) is 2.29. The molecule has 0 spiro atoms. The summed E-state index contributed by atoms with van der Waals surface area (Å²) >= 11 is 5.55. The second-order valence-corrected chi connectivity index (χ2v) is 3.47. The van der Waals surface area contributed by atoms with Gasteiger partial charge in [0.05, 0.1) is 23.8 Å². The number of para-hydroxylation sites is 2. The lowest BCUT2D eigenvalue weighted by molar-refractivity contribution is 0.306. The van der Waals surface area contributed by atoms with Crippen molar-refractivity contribution in [2.75, 3.05) is 12.5 Å². The molecule has 0 atom stereocenters. The second-order valence-electron chi connectivity index (χ2n) is 3.09. The summed E-state index contributed by atoms with van der Waals surface area (Å²) in [5, 5.41) is 0. The van der Waals surface area contributed by atoms with Gasteiger partial charge in [0.2, 0.25) is 5.88 Å². The number of halogens is 1. The molecule has 0 saturated carbocycles. The third-order valence-electron chi connectivity index (χ3n) is 1.95. The van der Waals surface area contributed by atoms with Gasteiger partial charge < -0.3 is 4.74 Å². The summed E-state index contributed by atoms with van der Waals surface area (Å²) in [5.41, 5.74) is 1.73. The van der Waals surface area contributed by atoms with Gasteiger partial charge in [-0.2, -0.15) is 0 Å². The molecule has 78 valence electrons. The molecular weight excluding hydrogens is 212 g/mol. The molecule has 3 nitrogen and oxygen atoms in total. The SMILES string of the molecule is ClCCCOc1cnc2ccccc2n1. The minimum Gasteiger partial charge on any atom is -0.477 e. The van der Waals surface area contributed by atoms with Crippen molar-refractivity contribution < 1.29 is 4.74 Å². The lowest BCUT2D eigenvalue weighted by atomic mass is 10.3. The maximum atomic E-state index is 5.55. The molecule has 0 aliphatic carbocycles. The number of nitrogens with zero attached hydrogens (tertiary/aromatic N) is 2. The zero-order valence-electron chi connectivity index (χ0n) is 8.19. The van der Waals surface area contributed by atoms with Crippen LogP contribution in [-0.4, -0.2) is 22.5 Å². The van der Waals surface area contributed by atoms with Crippen molar-refractivity contribution in [3.05, 3.63) is 30.5 Å². The number of rotatable bonds is 4. The monoisotopic (exact) mass is 222 g/mol. The average molecular weight is 223 g/mol. The fraction of sp³-hybridized carbons (Fsp3) is 0.273. The zero-order chi connectivity index (χ0) is 10.5. The standard InChI is InChI=1S/C11H11ClN2O/c12-6-3-7-15-11-8-13-9-4-1-2-5-10(9)14-11/h1-2,4-5,8H,3,6-7H2. The Bertz CT molecular complexity index is 447. The molecule has 0 bridgehead atoms. The first kappa shape index (κ1) is 10.2. The molecule has 0 aliphatic rings. The van der Waals surface area contributed by atoms with E-state index in [0.717, 1.165) is 17.5 Å². The topological polar surface area (TPSA) is 35.0 Å². The molecule has 2 aromatic rings. The molecule has 0 aliphatic heterocycles. The summed E-state index contributed by atoms with van der Waals surface area (Å²) in [4.78, 5) is 8.56. The summed E-state index contributed by atoms with van der Waals surface area (Å²) in [6.07, 6.45) is 2.45. The molecule has 0 N–H and O–H groups in total. The highest BCUT2D eigenvalue weighted by molar-refractivity contribution is 6.17. The van der Waals surface area contributed by atoms with Gasteiger partial charge in [-0.3, -0.25) is 0 Å². The molecule has 0 amide bonds. The van der Waals surface area contributed by atoms with Gasteiger partial charge in [-0.25, -0.2) is 9.97 Å². The first-order valence-electron chi connectivity index (χ1n) is 4.81. The van der Waals surface area contributed by atoms with Crippen LogP contribution in [0.1, 0.15) is 6.42 Å². The molecule has 0 radical (unpaired) electrons. The summed E-state index contributed by atoms with van der Waals surface area (Å²) in [6, 6.07) is 7.70. The van der Waals surface area contributed by atoms with Gasteiger partial charge >= 0.3 is 0 Å². The van der Waals surface area contributed by atoms with Gasteiger partial charge in [0.25, 0.3) is 0 Å². The summed E-state index contributed by atoms with van der Waals surface area (Å²) < 4.78 is 5.40. The van der Waals surface area contributed by atoms with Gasteiger partial charge in [0.15, 0.2) is 0 Å². The van der Waals surface area contributed by atoms with E-state index in [1.807, 2.05) is 24.3 Å². The summed E-state index contributed by atoms with van der Waals surface area (Å²) in [7, 11) is 0. The van der Waals surface area contributed by atoms with E-state index in [4.69, 9.17) is 16.3 Å². The molecule has 2 rings (SSSR count). The predicted octanol–water partition coefficient (Wildman–Crippen LogP) is 2.64. The number of benzene rings is 1. The Balaban J connectivity index is 2.16. The lowest BCUT2D eigenvalue weighted by Crippen LogP contribution is -2.00. The number of hydrogen-bond donors (Lipinski definition) is 0. The Morgan fingerprint density at radius 3 is 2.80 bits per heavy atom. The Kier molecular flexibility index (Phi) is 3.35. The van der Waals surface area contributed by atoms with Gasteiger partial charge in [-0.15, -0.1) is 11.6 Å².